The van der Waals surface area contributed by atoms with Crippen LogP contribution in [0.4, 0.5) is 0 Å². The lowest BCUT2D eigenvalue weighted by Crippen LogP contribution is -2.31. The Kier molecular flexibility index (Phi) is 3.49. The highest BCUT2D eigenvalue weighted by molar-refractivity contribution is 5.85. The van der Waals surface area contributed by atoms with Crippen molar-refractivity contribution in [2.24, 2.45) is 5.92 Å². The number of amides is 1. The molecule has 1 aliphatic rings. The fourth-order valence-electron chi connectivity index (χ4n) is 2.83. The summed E-state index contributed by atoms with van der Waals surface area (Å²) < 4.78 is 0. The van der Waals surface area contributed by atoms with Crippen LogP contribution in [0, 0.1) is 19.8 Å². The van der Waals surface area contributed by atoms with Crippen molar-refractivity contribution in [3.05, 3.63) is 35.0 Å². The van der Waals surface area contributed by atoms with Gasteiger partial charge in [0.15, 0.2) is 0 Å². The van der Waals surface area contributed by atoms with Gasteiger partial charge in [0, 0.05) is 29.7 Å². The number of aromatic nitrogens is 1. The number of aryl methyl sites for hydroxylation is 2. The van der Waals surface area contributed by atoms with E-state index in [0.29, 0.717) is 6.54 Å². The molecule has 1 aromatic heterocycles. The molecule has 1 aliphatic heterocycles. The van der Waals surface area contributed by atoms with Crippen LogP contribution in [0.2, 0.25) is 0 Å². The van der Waals surface area contributed by atoms with Crippen LogP contribution in [0.1, 0.15) is 23.2 Å². The summed E-state index contributed by atoms with van der Waals surface area (Å²) in [6, 6.07) is 6.33. The predicted octanol–water partition coefficient (Wildman–Crippen LogP) is 2.01. The first-order chi connectivity index (χ1) is 9.65. The van der Waals surface area contributed by atoms with Gasteiger partial charge >= 0.3 is 0 Å². The van der Waals surface area contributed by atoms with Crippen molar-refractivity contribution in [1.82, 2.24) is 15.6 Å². The molecule has 1 aromatic carbocycles. The Morgan fingerprint density at radius 2 is 2.25 bits per heavy atom. The third kappa shape index (κ3) is 2.43. The van der Waals surface area contributed by atoms with Gasteiger partial charge in [0.25, 0.3) is 0 Å². The molecule has 1 fully saturated rings. The van der Waals surface area contributed by atoms with Gasteiger partial charge in [-0.15, -0.1) is 0 Å². The molecule has 4 nitrogen and oxygen atoms in total. The zero-order valence-corrected chi connectivity index (χ0v) is 12.0. The van der Waals surface area contributed by atoms with Gasteiger partial charge < -0.3 is 15.6 Å². The molecule has 1 atom stereocenters. The molecule has 4 heteroatoms. The van der Waals surface area contributed by atoms with Crippen LogP contribution in [0.3, 0.4) is 0 Å². The summed E-state index contributed by atoms with van der Waals surface area (Å²) in [7, 11) is 0. The average molecular weight is 271 g/mol. The second kappa shape index (κ2) is 5.29. The highest BCUT2D eigenvalue weighted by Gasteiger charge is 2.21. The molecule has 1 saturated heterocycles. The van der Waals surface area contributed by atoms with Crippen molar-refractivity contribution in [2.75, 3.05) is 13.1 Å². The molecule has 3 N–H and O–H groups in total. The number of carbonyl (C=O) groups excluding carboxylic acids is 1. The fourth-order valence-corrected chi connectivity index (χ4v) is 2.83. The van der Waals surface area contributed by atoms with E-state index in [2.05, 4.69) is 47.7 Å². The van der Waals surface area contributed by atoms with Gasteiger partial charge in [-0.1, -0.05) is 6.07 Å². The van der Waals surface area contributed by atoms with Crippen LogP contribution in [-0.2, 0) is 11.3 Å². The molecular weight excluding hydrogens is 250 g/mol. The van der Waals surface area contributed by atoms with Crippen molar-refractivity contribution < 1.29 is 4.79 Å². The predicted molar refractivity (Wildman–Crippen MR) is 80.6 cm³/mol. The minimum Gasteiger partial charge on any atom is -0.358 e. The first kappa shape index (κ1) is 13.2. The fraction of sp³-hybridized carbons (Fsp3) is 0.438. The first-order valence-corrected chi connectivity index (χ1v) is 7.21. The monoisotopic (exact) mass is 271 g/mol. The summed E-state index contributed by atoms with van der Waals surface area (Å²) >= 11 is 0. The molecule has 0 spiro atoms. The van der Waals surface area contributed by atoms with Gasteiger partial charge in [-0.3, -0.25) is 4.79 Å². The standard InChI is InChI=1S/C16H21N3O/c1-10-11(2)19-15-4-3-12(7-14(10)15)8-18-16(20)13-5-6-17-9-13/h3-4,7,13,17,19H,5-6,8-9H2,1-2H3,(H,18,20). The second-order valence-corrected chi connectivity index (χ2v) is 5.66. The summed E-state index contributed by atoms with van der Waals surface area (Å²) in [5, 5.41) is 7.51. The van der Waals surface area contributed by atoms with E-state index in [1.807, 2.05) is 0 Å². The average Bonchev–Trinajstić information content (AvgIpc) is 3.07. The molecule has 3 rings (SSSR count). The van der Waals surface area contributed by atoms with Crippen molar-refractivity contribution in [3.8, 4) is 0 Å². The van der Waals surface area contributed by atoms with Gasteiger partial charge in [0.2, 0.25) is 5.91 Å². The van der Waals surface area contributed by atoms with E-state index < -0.39 is 0 Å². The van der Waals surface area contributed by atoms with Crippen LogP contribution in [0.5, 0.6) is 0 Å². The van der Waals surface area contributed by atoms with Gasteiger partial charge in [-0.2, -0.15) is 0 Å². The summed E-state index contributed by atoms with van der Waals surface area (Å²) in [6.07, 6.45) is 0.945. The maximum atomic E-state index is 12.0. The number of H-pyrrole nitrogens is 1. The van der Waals surface area contributed by atoms with Crippen LogP contribution in [0.15, 0.2) is 18.2 Å². The third-order valence-electron chi connectivity index (χ3n) is 4.27. The molecule has 0 bridgehead atoms. The quantitative estimate of drug-likeness (QED) is 0.800. The van der Waals surface area contributed by atoms with E-state index in [9.17, 15) is 4.79 Å². The molecule has 106 valence electrons. The van der Waals surface area contributed by atoms with Gasteiger partial charge in [-0.05, 0) is 50.1 Å². The van der Waals surface area contributed by atoms with Gasteiger partial charge in [0.05, 0.1) is 5.92 Å². The molecular formula is C16H21N3O. The first-order valence-electron chi connectivity index (χ1n) is 7.21. The van der Waals surface area contributed by atoms with E-state index in [0.717, 1.165) is 30.6 Å². The Morgan fingerprint density at radius 1 is 1.40 bits per heavy atom. The summed E-state index contributed by atoms with van der Waals surface area (Å²) in [5.74, 6) is 0.298. The van der Waals surface area contributed by atoms with E-state index in [4.69, 9.17) is 0 Å². The smallest absolute Gasteiger partial charge is 0.224 e. The van der Waals surface area contributed by atoms with Crippen molar-refractivity contribution in [1.29, 1.82) is 0 Å². The number of hydrogen-bond acceptors (Lipinski definition) is 2. The topological polar surface area (TPSA) is 56.9 Å². The van der Waals surface area contributed by atoms with Crippen LogP contribution in [0.25, 0.3) is 10.9 Å². The zero-order valence-electron chi connectivity index (χ0n) is 12.0. The maximum Gasteiger partial charge on any atom is 0.224 e. The van der Waals surface area contributed by atoms with Crippen molar-refractivity contribution >= 4 is 16.8 Å². The number of hydrogen-bond donors (Lipinski definition) is 3. The van der Waals surface area contributed by atoms with Crippen LogP contribution in [-0.4, -0.2) is 24.0 Å². The summed E-state index contributed by atoms with van der Waals surface area (Å²) in [6.45, 7) is 6.58. The molecule has 0 radical (unpaired) electrons. The lowest BCUT2D eigenvalue weighted by atomic mass is 10.1. The molecule has 2 aromatic rings. The molecule has 0 saturated carbocycles. The SMILES string of the molecule is Cc1[nH]c2ccc(CNC(=O)C3CCNC3)cc2c1C. The molecule has 2 heterocycles. The Hall–Kier alpha value is -1.81. The lowest BCUT2D eigenvalue weighted by Gasteiger charge is -2.10. The second-order valence-electron chi connectivity index (χ2n) is 5.66. The number of nitrogens with one attached hydrogen (secondary N) is 3. The molecule has 20 heavy (non-hydrogen) atoms. The third-order valence-corrected chi connectivity index (χ3v) is 4.27. The molecule has 1 amide bonds. The zero-order chi connectivity index (χ0) is 14.1. The number of rotatable bonds is 3. The normalized spacial score (nSPS) is 18.6. The molecule has 1 unspecified atom stereocenters. The number of benzene rings is 1. The maximum absolute atomic E-state index is 12.0. The highest BCUT2D eigenvalue weighted by Crippen LogP contribution is 2.22. The molecule has 0 aliphatic carbocycles. The largest absolute Gasteiger partial charge is 0.358 e. The Balaban J connectivity index is 1.71. The van der Waals surface area contributed by atoms with E-state index in [1.165, 1.54) is 16.6 Å². The van der Waals surface area contributed by atoms with Crippen molar-refractivity contribution in [3.63, 3.8) is 0 Å². The number of carbonyl (C=O) groups is 1. The highest BCUT2D eigenvalue weighted by atomic mass is 16.1. The van der Waals surface area contributed by atoms with Crippen molar-refractivity contribution in [2.45, 2.75) is 26.8 Å². The summed E-state index contributed by atoms with van der Waals surface area (Å²) in [5.41, 5.74) is 4.81. The van der Waals surface area contributed by atoms with Crippen LogP contribution >= 0.6 is 0 Å². The summed E-state index contributed by atoms with van der Waals surface area (Å²) in [4.78, 5) is 15.4. The van der Waals surface area contributed by atoms with Crippen LogP contribution < -0.4 is 10.6 Å². The van der Waals surface area contributed by atoms with E-state index in [1.54, 1.807) is 0 Å². The minimum atomic E-state index is 0.134. The Bertz CT molecular complexity index is 638. The minimum absolute atomic E-state index is 0.134. The number of aromatic amines is 1. The Morgan fingerprint density at radius 3 is 3.00 bits per heavy atom. The van der Waals surface area contributed by atoms with Gasteiger partial charge in [-0.25, -0.2) is 0 Å². The van der Waals surface area contributed by atoms with Gasteiger partial charge in [0.1, 0.15) is 0 Å². The van der Waals surface area contributed by atoms with E-state index in [-0.39, 0.29) is 11.8 Å². The van der Waals surface area contributed by atoms with E-state index >= 15 is 0 Å². The number of fused-ring (bicyclic) bond motifs is 1. The lowest BCUT2D eigenvalue weighted by molar-refractivity contribution is -0.124. The Labute approximate surface area is 118 Å².